The largest absolute Gasteiger partial charge is 0.466 e. The highest BCUT2D eigenvalue weighted by Gasteiger charge is 2.30. The Hall–Kier alpha value is -2.77. The molecule has 1 atom stereocenters. The van der Waals surface area contributed by atoms with Gasteiger partial charge >= 0.3 is 12.1 Å². The zero-order chi connectivity index (χ0) is 18.8. The Morgan fingerprint density at radius 2 is 1.88 bits per heavy atom. The Kier molecular flexibility index (Phi) is 5.20. The summed E-state index contributed by atoms with van der Waals surface area (Å²) in [5.41, 5.74) is -0.742. The average molecular weight is 355 g/mol. The van der Waals surface area contributed by atoms with Gasteiger partial charge in [-0.1, -0.05) is 6.07 Å². The first-order valence-electron chi connectivity index (χ1n) is 7.34. The highest BCUT2D eigenvalue weighted by molar-refractivity contribution is 5.97. The normalized spacial score (nSPS) is 12.6. The maximum Gasteiger partial charge on any atom is 0.416 e. The zero-order valence-corrected chi connectivity index (χ0v) is 13.7. The first-order chi connectivity index (χ1) is 11.6. The second kappa shape index (κ2) is 7.00. The molecule has 0 aliphatic carbocycles. The highest BCUT2D eigenvalue weighted by Crippen LogP contribution is 2.30. The van der Waals surface area contributed by atoms with Crippen molar-refractivity contribution in [1.29, 1.82) is 0 Å². The van der Waals surface area contributed by atoms with E-state index in [2.05, 4.69) is 5.32 Å². The second-order valence-electron chi connectivity index (χ2n) is 5.44. The molecule has 0 aliphatic rings. The van der Waals surface area contributed by atoms with Crippen LogP contribution in [0.4, 0.5) is 18.9 Å². The molecule has 134 valence electrons. The van der Waals surface area contributed by atoms with Crippen molar-refractivity contribution >= 4 is 17.6 Å². The van der Waals surface area contributed by atoms with Crippen molar-refractivity contribution in [2.24, 2.45) is 0 Å². The number of furan rings is 1. The van der Waals surface area contributed by atoms with E-state index in [0.717, 1.165) is 12.1 Å². The molecule has 0 aliphatic heterocycles. The van der Waals surface area contributed by atoms with Crippen LogP contribution < -0.4 is 5.32 Å². The van der Waals surface area contributed by atoms with Gasteiger partial charge in [0.25, 0.3) is 5.91 Å². The molecular weight excluding hydrogens is 339 g/mol. The number of amides is 1. The van der Waals surface area contributed by atoms with Crippen LogP contribution in [0.5, 0.6) is 0 Å². The number of hydrogen-bond acceptors (Lipinski definition) is 4. The SMILES string of the molecule is Cc1cc(C(=O)O[C@@H](C)C(=O)Nc2cccc(C(F)(F)F)c2)c(C)o1. The molecular formula is C17H16F3NO4. The Morgan fingerprint density at radius 1 is 1.20 bits per heavy atom. The molecule has 1 aromatic heterocycles. The summed E-state index contributed by atoms with van der Waals surface area (Å²) in [5, 5.41) is 2.29. The molecule has 2 rings (SSSR count). The Labute approximate surface area is 141 Å². The van der Waals surface area contributed by atoms with Gasteiger partial charge in [0, 0.05) is 5.69 Å². The maximum absolute atomic E-state index is 12.7. The van der Waals surface area contributed by atoms with Crippen molar-refractivity contribution in [2.75, 3.05) is 5.32 Å². The van der Waals surface area contributed by atoms with Crippen LogP contribution in [0.1, 0.15) is 34.4 Å². The molecule has 0 bridgehead atoms. The van der Waals surface area contributed by atoms with Crippen LogP contribution in [-0.2, 0) is 15.7 Å². The van der Waals surface area contributed by atoms with Crippen molar-refractivity contribution in [3.63, 3.8) is 0 Å². The van der Waals surface area contributed by atoms with E-state index >= 15 is 0 Å². The third-order valence-corrected chi connectivity index (χ3v) is 3.37. The Morgan fingerprint density at radius 3 is 2.44 bits per heavy atom. The number of nitrogens with one attached hydrogen (secondary N) is 1. The van der Waals surface area contributed by atoms with E-state index in [1.54, 1.807) is 13.8 Å². The summed E-state index contributed by atoms with van der Waals surface area (Å²) in [7, 11) is 0. The lowest BCUT2D eigenvalue weighted by Gasteiger charge is -2.14. The molecule has 5 nitrogen and oxygen atoms in total. The first-order valence-corrected chi connectivity index (χ1v) is 7.34. The molecule has 1 N–H and O–H groups in total. The van der Waals surface area contributed by atoms with Gasteiger partial charge in [-0.05, 0) is 45.0 Å². The molecule has 0 spiro atoms. The van der Waals surface area contributed by atoms with Gasteiger partial charge in [0.1, 0.15) is 17.1 Å². The van der Waals surface area contributed by atoms with E-state index in [-0.39, 0.29) is 11.3 Å². The number of rotatable bonds is 4. The van der Waals surface area contributed by atoms with Crippen LogP contribution in [0.2, 0.25) is 0 Å². The van der Waals surface area contributed by atoms with E-state index in [1.165, 1.54) is 25.1 Å². The molecule has 1 amide bonds. The number of anilines is 1. The lowest BCUT2D eigenvalue weighted by atomic mass is 10.2. The standard InChI is InChI=1S/C17H16F3NO4/c1-9-7-14(10(2)24-9)16(23)25-11(3)15(22)21-13-6-4-5-12(8-13)17(18,19)20/h4-8,11H,1-3H3,(H,21,22)/t11-/m0/s1. The summed E-state index contributed by atoms with van der Waals surface area (Å²) in [6.07, 6.45) is -5.72. The van der Waals surface area contributed by atoms with Crippen molar-refractivity contribution in [3.05, 3.63) is 53.0 Å². The van der Waals surface area contributed by atoms with E-state index < -0.39 is 29.7 Å². The number of esters is 1. The van der Waals surface area contributed by atoms with Gasteiger partial charge in [0.05, 0.1) is 5.56 Å². The van der Waals surface area contributed by atoms with Gasteiger partial charge in [-0.2, -0.15) is 13.2 Å². The number of hydrogen-bond donors (Lipinski definition) is 1. The minimum absolute atomic E-state index is 0.0435. The third-order valence-electron chi connectivity index (χ3n) is 3.37. The smallest absolute Gasteiger partial charge is 0.416 e. The minimum atomic E-state index is -4.52. The summed E-state index contributed by atoms with van der Waals surface area (Å²) in [4.78, 5) is 24.1. The summed E-state index contributed by atoms with van der Waals surface area (Å²) in [5.74, 6) is -0.620. The lowest BCUT2D eigenvalue weighted by molar-refractivity contribution is -0.137. The second-order valence-corrected chi connectivity index (χ2v) is 5.44. The molecule has 0 saturated heterocycles. The van der Waals surface area contributed by atoms with Gasteiger partial charge in [0.2, 0.25) is 0 Å². The molecule has 0 radical (unpaired) electrons. The van der Waals surface area contributed by atoms with Crippen LogP contribution in [0, 0.1) is 13.8 Å². The topological polar surface area (TPSA) is 68.5 Å². The first kappa shape index (κ1) is 18.6. The summed E-state index contributed by atoms with van der Waals surface area (Å²) in [6.45, 7) is 4.56. The van der Waals surface area contributed by atoms with E-state index in [4.69, 9.17) is 9.15 Å². The number of aryl methyl sites for hydroxylation is 2. The van der Waals surface area contributed by atoms with Crippen molar-refractivity contribution in [2.45, 2.75) is 33.1 Å². The minimum Gasteiger partial charge on any atom is -0.466 e. The molecule has 0 saturated carbocycles. The van der Waals surface area contributed by atoms with Crippen LogP contribution >= 0.6 is 0 Å². The molecule has 2 aromatic rings. The van der Waals surface area contributed by atoms with Gasteiger partial charge in [-0.15, -0.1) is 0 Å². The van der Waals surface area contributed by atoms with Crippen molar-refractivity contribution < 1.29 is 31.9 Å². The van der Waals surface area contributed by atoms with Gasteiger partial charge in [-0.3, -0.25) is 4.79 Å². The van der Waals surface area contributed by atoms with Crippen LogP contribution in [0.25, 0.3) is 0 Å². The van der Waals surface area contributed by atoms with Crippen LogP contribution in [0.15, 0.2) is 34.7 Å². The van der Waals surface area contributed by atoms with E-state index in [0.29, 0.717) is 11.5 Å². The number of alkyl halides is 3. The van der Waals surface area contributed by atoms with Crippen LogP contribution in [0.3, 0.4) is 0 Å². The predicted molar refractivity (Wildman–Crippen MR) is 83.1 cm³/mol. The van der Waals surface area contributed by atoms with Gasteiger partial charge < -0.3 is 14.5 Å². The number of halogens is 3. The van der Waals surface area contributed by atoms with Crippen LogP contribution in [-0.4, -0.2) is 18.0 Å². The van der Waals surface area contributed by atoms with Gasteiger partial charge in [-0.25, -0.2) is 4.79 Å². The monoisotopic (exact) mass is 355 g/mol. The lowest BCUT2D eigenvalue weighted by Crippen LogP contribution is -2.30. The fourth-order valence-electron chi connectivity index (χ4n) is 2.13. The van der Waals surface area contributed by atoms with Crippen molar-refractivity contribution in [3.8, 4) is 0 Å². The highest BCUT2D eigenvalue weighted by atomic mass is 19.4. The average Bonchev–Trinajstić information content (AvgIpc) is 2.85. The van der Waals surface area contributed by atoms with Crippen molar-refractivity contribution in [1.82, 2.24) is 0 Å². The Balaban J connectivity index is 2.03. The maximum atomic E-state index is 12.7. The molecule has 1 aromatic carbocycles. The molecule has 8 heteroatoms. The Bertz CT molecular complexity index is 795. The number of carbonyl (C=O) groups is 2. The fourth-order valence-corrected chi connectivity index (χ4v) is 2.13. The van der Waals surface area contributed by atoms with E-state index in [9.17, 15) is 22.8 Å². The number of benzene rings is 1. The van der Waals surface area contributed by atoms with Gasteiger partial charge in [0.15, 0.2) is 6.10 Å². The quantitative estimate of drug-likeness (QED) is 0.839. The molecule has 25 heavy (non-hydrogen) atoms. The number of carbonyl (C=O) groups excluding carboxylic acids is 2. The van der Waals surface area contributed by atoms with E-state index in [1.807, 2.05) is 0 Å². The fraction of sp³-hybridized carbons (Fsp3) is 0.294. The predicted octanol–water partition coefficient (Wildman–Crippen LogP) is 4.10. The summed E-state index contributed by atoms with van der Waals surface area (Å²) >= 11 is 0. The zero-order valence-electron chi connectivity index (χ0n) is 13.7. The molecule has 1 heterocycles. The summed E-state index contributed by atoms with van der Waals surface area (Å²) in [6, 6.07) is 5.66. The third kappa shape index (κ3) is 4.62. The molecule has 0 fully saturated rings. The number of ether oxygens (including phenoxy) is 1. The summed E-state index contributed by atoms with van der Waals surface area (Å²) < 4.78 is 48.3. The molecule has 0 unspecified atom stereocenters.